The van der Waals surface area contributed by atoms with Gasteiger partial charge in [0.2, 0.25) is 0 Å². The van der Waals surface area contributed by atoms with Crippen LogP contribution in [-0.2, 0) is 13.0 Å². The Hall–Kier alpha value is -0.610. The summed E-state index contributed by atoms with van der Waals surface area (Å²) < 4.78 is 0. The first kappa shape index (κ1) is 16.8. The molecule has 0 aromatic carbocycles. The third-order valence-corrected chi connectivity index (χ3v) is 5.02. The topological polar surface area (TPSA) is 28.2 Å². The molecule has 0 aliphatic heterocycles. The second kappa shape index (κ2) is 7.10. The first-order valence-electron chi connectivity index (χ1n) is 8.41. The van der Waals surface area contributed by atoms with Gasteiger partial charge in [0.1, 0.15) is 0 Å². The van der Waals surface area contributed by atoms with Gasteiger partial charge in [0.25, 0.3) is 0 Å². The Morgan fingerprint density at radius 1 is 1.29 bits per heavy atom. The number of aryl methyl sites for hydroxylation is 1. The molecule has 1 saturated carbocycles. The van der Waals surface area contributed by atoms with Crippen LogP contribution >= 0.6 is 11.3 Å². The molecule has 1 aromatic heterocycles. The number of hydrogen-bond acceptors (Lipinski definition) is 4. The molecule has 2 rings (SSSR count). The molecule has 1 aromatic rings. The Bertz CT molecular complexity index is 443. The number of rotatable bonds is 8. The lowest BCUT2D eigenvalue weighted by Crippen LogP contribution is -2.35. The molecule has 0 unspecified atom stereocenters. The molecule has 1 N–H and O–H groups in total. The molecule has 0 spiro atoms. The van der Waals surface area contributed by atoms with Gasteiger partial charge >= 0.3 is 0 Å². The van der Waals surface area contributed by atoms with Gasteiger partial charge in [-0.1, -0.05) is 13.3 Å². The van der Waals surface area contributed by atoms with Crippen LogP contribution in [0.15, 0.2) is 0 Å². The number of nitrogens with one attached hydrogen (secondary N) is 1. The smallest absolute Gasteiger partial charge is 0.185 e. The molecular weight excluding hydrogens is 278 g/mol. The SMILES string of the molecule is CCCc1nc(N(CC)CC2CC2)sc1CNC(C)(C)C. The van der Waals surface area contributed by atoms with E-state index >= 15 is 0 Å². The maximum Gasteiger partial charge on any atom is 0.185 e. The quantitative estimate of drug-likeness (QED) is 0.779. The summed E-state index contributed by atoms with van der Waals surface area (Å²) in [5.41, 5.74) is 1.47. The minimum Gasteiger partial charge on any atom is -0.348 e. The van der Waals surface area contributed by atoms with Crippen LogP contribution in [0.5, 0.6) is 0 Å². The summed E-state index contributed by atoms with van der Waals surface area (Å²) >= 11 is 1.89. The highest BCUT2D eigenvalue weighted by atomic mass is 32.1. The van der Waals surface area contributed by atoms with Gasteiger partial charge in [0.05, 0.1) is 5.69 Å². The fourth-order valence-corrected chi connectivity index (χ4v) is 3.49. The number of aromatic nitrogens is 1. The van der Waals surface area contributed by atoms with Gasteiger partial charge in [0.15, 0.2) is 5.13 Å². The van der Waals surface area contributed by atoms with Crippen LogP contribution in [0.1, 0.15) is 64.5 Å². The molecule has 4 heteroatoms. The van der Waals surface area contributed by atoms with E-state index in [0.29, 0.717) is 0 Å². The molecule has 0 atom stereocenters. The molecule has 1 fully saturated rings. The van der Waals surface area contributed by atoms with Gasteiger partial charge in [-0.3, -0.25) is 0 Å². The second-order valence-corrected chi connectivity index (χ2v) is 8.26. The van der Waals surface area contributed by atoms with Crippen LogP contribution in [0.4, 0.5) is 5.13 Å². The maximum atomic E-state index is 4.96. The van der Waals surface area contributed by atoms with E-state index in [2.05, 4.69) is 44.8 Å². The van der Waals surface area contributed by atoms with E-state index < -0.39 is 0 Å². The van der Waals surface area contributed by atoms with Gasteiger partial charge < -0.3 is 10.2 Å². The standard InChI is InChI=1S/C17H31N3S/c1-6-8-14-15(11-18-17(3,4)5)21-16(19-14)20(7-2)12-13-9-10-13/h13,18H,6-12H2,1-5H3. The predicted molar refractivity (Wildman–Crippen MR) is 93.3 cm³/mol. The van der Waals surface area contributed by atoms with Gasteiger partial charge in [0, 0.05) is 30.1 Å². The van der Waals surface area contributed by atoms with Crippen molar-refractivity contribution in [3.63, 3.8) is 0 Å². The van der Waals surface area contributed by atoms with E-state index in [1.807, 2.05) is 11.3 Å². The largest absolute Gasteiger partial charge is 0.348 e. The van der Waals surface area contributed by atoms with Gasteiger partial charge in [-0.2, -0.15) is 0 Å². The fourth-order valence-electron chi connectivity index (χ4n) is 2.38. The predicted octanol–water partition coefficient (Wildman–Crippen LogP) is 4.22. The van der Waals surface area contributed by atoms with Crippen LogP contribution in [0, 0.1) is 5.92 Å². The summed E-state index contributed by atoms with van der Waals surface area (Å²) in [6.07, 6.45) is 5.07. The third kappa shape index (κ3) is 5.26. The number of nitrogens with zero attached hydrogens (tertiary/aromatic N) is 2. The summed E-state index contributed by atoms with van der Waals surface area (Å²) in [4.78, 5) is 8.86. The highest BCUT2D eigenvalue weighted by Gasteiger charge is 2.25. The minimum absolute atomic E-state index is 0.159. The second-order valence-electron chi connectivity index (χ2n) is 7.20. The molecule has 3 nitrogen and oxygen atoms in total. The third-order valence-electron chi connectivity index (χ3n) is 3.86. The van der Waals surface area contributed by atoms with Crippen molar-refractivity contribution in [1.82, 2.24) is 10.3 Å². The summed E-state index contributed by atoms with van der Waals surface area (Å²) in [5.74, 6) is 0.916. The molecule has 0 radical (unpaired) electrons. The first-order valence-corrected chi connectivity index (χ1v) is 9.23. The zero-order valence-corrected chi connectivity index (χ0v) is 15.1. The Morgan fingerprint density at radius 3 is 2.52 bits per heavy atom. The normalized spacial score (nSPS) is 15.5. The zero-order valence-electron chi connectivity index (χ0n) is 14.3. The molecule has 120 valence electrons. The summed E-state index contributed by atoms with van der Waals surface area (Å²) in [7, 11) is 0. The monoisotopic (exact) mass is 309 g/mol. The van der Waals surface area contributed by atoms with Crippen molar-refractivity contribution in [3.05, 3.63) is 10.6 Å². The molecule has 0 bridgehead atoms. The summed E-state index contributed by atoms with van der Waals surface area (Å²) in [6.45, 7) is 14.4. The first-order chi connectivity index (χ1) is 9.93. The average molecular weight is 310 g/mol. The van der Waals surface area contributed by atoms with Crippen LogP contribution in [-0.4, -0.2) is 23.6 Å². The Balaban J connectivity index is 2.10. The van der Waals surface area contributed by atoms with Crippen molar-refractivity contribution >= 4 is 16.5 Å². The highest BCUT2D eigenvalue weighted by Crippen LogP contribution is 2.34. The van der Waals surface area contributed by atoms with Crippen LogP contribution in [0.2, 0.25) is 0 Å². The molecule has 0 saturated heterocycles. The molecular formula is C17H31N3S. The fraction of sp³-hybridized carbons (Fsp3) is 0.824. The van der Waals surface area contributed by atoms with E-state index in [4.69, 9.17) is 4.98 Å². The number of anilines is 1. The molecule has 1 aliphatic carbocycles. The van der Waals surface area contributed by atoms with Crippen molar-refractivity contribution in [1.29, 1.82) is 0 Å². The zero-order chi connectivity index (χ0) is 15.5. The Labute approximate surface area is 134 Å². The van der Waals surface area contributed by atoms with E-state index in [9.17, 15) is 0 Å². The molecule has 1 aliphatic rings. The number of thiazole rings is 1. The highest BCUT2D eigenvalue weighted by molar-refractivity contribution is 7.15. The van der Waals surface area contributed by atoms with Crippen LogP contribution in [0.3, 0.4) is 0 Å². The number of hydrogen-bond donors (Lipinski definition) is 1. The Kier molecular flexibility index (Phi) is 5.67. The van der Waals surface area contributed by atoms with Crippen LogP contribution in [0.25, 0.3) is 0 Å². The van der Waals surface area contributed by atoms with Crippen LogP contribution < -0.4 is 10.2 Å². The van der Waals surface area contributed by atoms with Crippen molar-refractivity contribution in [2.45, 2.75) is 72.4 Å². The summed E-state index contributed by atoms with van der Waals surface area (Å²) in [6, 6.07) is 0. The average Bonchev–Trinajstić information content (AvgIpc) is 3.14. The van der Waals surface area contributed by atoms with E-state index in [1.165, 1.54) is 41.5 Å². The van der Waals surface area contributed by atoms with Crippen molar-refractivity contribution < 1.29 is 0 Å². The molecule has 1 heterocycles. The maximum absolute atomic E-state index is 4.96. The lowest BCUT2D eigenvalue weighted by molar-refractivity contribution is 0.425. The minimum atomic E-state index is 0.159. The van der Waals surface area contributed by atoms with E-state index in [1.54, 1.807) is 0 Å². The van der Waals surface area contributed by atoms with Crippen molar-refractivity contribution in [3.8, 4) is 0 Å². The lowest BCUT2D eigenvalue weighted by atomic mass is 10.1. The lowest BCUT2D eigenvalue weighted by Gasteiger charge is -2.20. The van der Waals surface area contributed by atoms with Crippen molar-refractivity contribution in [2.24, 2.45) is 5.92 Å². The van der Waals surface area contributed by atoms with E-state index in [0.717, 1.165) is 25.4 Å². The van der Waals surface area contributed by atoms with Crippen molar-refractivity contribution in [2.75, 3.05) is 18.0 Å². The van der Waals surface area contributed by atoms with Gasteiger partial charge in [-0.15, -0.1) is 11.3 Å². The molecule has 0 amide bonds. The van der Waals surface area contributed by atoms with Gasteiger partial charge in [-0.25, -0.2) is 4.98 Å². The van der Waals surface area contributed by atoms with E-state index in [-0.39, 0.29) is 5.54 Å². The molecule has 21 heavy (non-hydrogen) atoms. The summed E-state index contributed by atoms with van der Waals surface area (Å²) in [5, 5.41) is 4.85. The van der Waals surface area contributed by atoms with Gasteiger partial charge in [-0.05, 0) is 52.9 Å². The Morgan fingerprint density at radius 2 is 2.00 bits per heavy atom.